The number of carbonyl (C=O) groups is 1. The van der Waals surface area contributed by atoms with Crippen LogP contribution in [0.15, 0.2) is 35.7 Å². The number of rotatable bonds is 3. The maximum Gasteiger partial charge on any atom is 0.337 e. The van der Waals surface area contributed by atoms with E-state index in [1.54, 1.807) is 19.1 Å². The lowest BCUT2D eigenvalue weighted by molar-refractivity contribution is 0.0698. The summed E-state index contributed by atoms with van der Waals surface area (Å²) in [5, 5.41) is 17.8. The molecule has 9 nitrogen and oxygen atoms in total. The van der Waals surface area contributed by atoms with Crippen LogP contribution in [-0.4, -0.2) is 30.8 Å². The molecule has 0 amide bonds. The van der Waals surface area contributed by atoms with Crippen LogP contribution in [0.2, 0.25) is 0 Å². The van der Waals surface area contributed by atoms with Crippen molar-refractivity contribution in [2.24, 2.45) is 5.11 Å². The maximum absolute atomic E-state index is 11.5. The molecule has 1 N–H and O–H groups in total. The van der Waals surface area contributed by atoms with E-state index in [2.05, 4.69) is 25.1 Å². The summed E-state index contributed by atoms with van der Waals surface area (Å²) >= 11 is 0. The van der Waals surface area contributed by atoms with Gasteiger partial charge in [0.05, 0.1) is 16.8 Å². The summed E-state index contributed by atoms with van der Waals surface area (Å²) in [7, 11) is 0. The zero-order valence-corrected chi connectivity index (χ0v) is 11.4. The molecule has 1 aromatic carbocycles. The van der Waals surface area contributed by atoms with Gasteiger partial charge < -0.3 is 5.11 Å². The van der Waals surface area contributed by atoms with Gasteiger partial charge in [-0.2, -0.15) is 5.10 Å². The second-order valence-electron chi connectivity index (χ2n) is 4.40. The number of aromatic carboxylic acids is 1. The van der Waals surface area contributed by atoms with Gasteiger partial charge in [-0.25, -0.2) is 19.4 Å². The molecule has 0 aliphatic carbocycles. The number of hydrogen-bond acceptors (Lipinski definition) is 5. The molecule has 2 aromatic heterocycles. The van der Waals surface area contributed by atoms with E-state index in [9.17, 15) is 9.90 Å². The molecular weight excluding hydrogens is 286 g/mol. The summed E-state index contributed by atoms with van der Waals surface area (Å²) in [6.07, 6.45) is 2.79. The molecule has 108 valence electrons. The monoisotopic (exact) mass is 295 g/mol. The van der Waals surface area contributed by atoms with Crippen molar-refractivity contribution in [3.05, 3.63) is 52.3 Å². The Labute approximate surface area is 123 Å². The summed E-state index contributed by atoms with van der Waals surface area (Å²) < 4.78 is 1.34. The van der Waals surface area contributed by atoms with Crippen molar-refractivity contribution in [1.82, 2.24) is 19.7 Å². The van der Waals surface area contributed by atoms with Gasteiger partial charge in [0.15, 0.2) is 11.6 Å². The summed E-state index contributed by atoms with van der Waals surface area (Å²) in [6, 6.07) is 4.89. The second kappa shape index (κ2) is 5.15. The molecule has 0 aliphatic rings. The molecule has 0 spiro atoms. The molecule has 2 heterocycles. The summed E-state index contributed by atoms with van der Waals surface area (Å²) in [6.45, 7) is 1.76. The number of benzene rings is 1. The predicted octanol–water partition coefficient (Wildman–Crippen LogP) is 2.76. The Balaban J connectivity index is 2.42. The first-order valence-corrected chi connectivity index (χ1v) is 6.21. The molecule has 0 radical (unpaired) electrons. The van der Waals surface area contributed by atoms with Crippen LogP contribution in [0.1, 0.15) is 16.1 Å². The minimum atomic E-state index is -1.08. The van der Waals surface area contributed by atoms with Gasteiger partial charge in [-0.05, 0) is 23.6 Å². The van der Waals surface area contributed by atoms with E-state index in [0.29, 0.717) is 16.6 Å². The largest absolute Gasteiger partial charge is 0.478 e. The molecule has 3 rings (SSSR count). The van der Waals surface area contributed by atoms with Crippen LogP contribution < -0.4 is 0 Å². The third kappa shape index (κ3) is 2.02. The van der Waals surface area contributed by atoms with E-state index < -0.39 is 5.97 Å². The molecular formula is C13H9N7O2. The van der Waals surface area contributed by atoms with Crippen LogP contribution in [0, 0.1) is 6.92 Å². The fourth-order valence-corrected chi connectivity index (χ4v) is 2.23. The third-order valence-corrected chi connectivity index (χ3v) is 3.12. The van der Waals surface area contributed by atoms with Crippen molar-refractivity contribution < 1.29 is 9.90 Å². The molecule has 0 saturated heterocycles. The first-order valence-electron chi connectivity index (χ1n) is 6.21. The lowest BCUT2D eigenvalue weighted by Gasteiger charge is -2.06. The zero-order valence-electron chi connectivity index (χ0n) is 11.4. The van der Waals surface area contributed by atoms with Gasteiger partial charge in [0, 0.05) is 22.7 Å². The standard InChI is InChI=1S/C13H9N7O2/c1-7-8-3-2-4-9(13(21)22)10(8)20(18-7)12-11(17-19-14)15-5-6-16-12/h2-6H,1H3,(H,21,22). The Hall–Kier alpha value is -3.45. The van der Waals surface area contributed by atoms with Gasteiger partial charge in [-0.15, -0.1) is 0 Å². The van der Waals surface area contributed by atoms with Crippen molar-refractivity contribution in [3.8, 4) is 5.82 Å². The number of aromatic nitrogens is 4. The highest BCUT2D eigenvalue weighted by atomic mass is 16.4. The number of aryl methyl sites for hydroxylation is 1. The normalized spacial score (nSPS) is 10.4. The highest BCUT2D eigenvalue weighted by Gasteiger charge is 2.19. The first-order chi connectivity index (χ1) is 10.6. The van der Waals surface area contributed by atoms with Crippen LogP contribution in [-0.2, 0) is 0 Å². The number of carboxylic acids is 1. The van der Waals surface area contributed by atoms with E-state index in [0.717, 1.165) is 0 Å². The number of nitrogens with zero attached hydrogens (tertiary/aromatic N) is 7. The van der Waals surface area contributed by atoms with Crippen LogP contribution in [0.5, 0.6) is 0 Å². The van der Waals surface area contributed by atoms with Gasteiger partial charge in [0.2, 0.25) is 0 Å². The van der Waals surface area contributed by atoms with Crippen LogP contribution >= 0.6 is 0 Å². The molecule has 0 unspecified atom stereocenters. The summed E-state index contributed by atoms with van der Waals surface area (Å²) in [5.41, 5.74) is 9.71. The highest BCUT2D eigenvalue weighted by molar-refractivity contribution is 6.03. The quantitative estimate of drug-likeness (QED) is 0.451. The van der Waals surface area contributed by atoms with Crippen LogP contribution in [0.25, 0.3) is 27.2 Å². The van der Waals surface area contributed by atoms with Gasteiger partial charge in [0.25, 0.3) is 0 Å². The van der Waals surface area contributed by atoms with Gasteiger partial charge in [-0.1, -0.05) is 12.1 Å². The molecule has 0 saturated carbocycles. The molecule has 3 aromatic rings. The average molecular weight is 295 g/mol. The fraction of sp³-hybridized carbons (Fsp3) is 0.0769. The van der Waals surface area contributed by atoms with Crippen molar-refractivity contribution in [2.75, 3.05) is 0 Å². The van der Waals surface area contributed by atoms with Gasteiger partial charge in [-0.3, -0.25) is 0 Å². The van der Waals surface area contributed by atoms with E-state index >= 15 is 0 Å². The SMILES string of the molecule is Cc1nn(-c2nccnc2N=[N+]=[N-])c2c(C(=O)O)cccc12. The number of azide groups is 1. The Morgan fingerprint density at radius 2 is 2.14 bits per heavy atom. The second-order valence-corrected chi connectivity index (χ2v) is 4.40. The summed E-state index contributed by atoms with van der Waals surface area (Å²) in [5.74, 6) is -0.886. The minimum absolute atomic E-state index is 0.0228. The van der Waals surface area contributed by atoms with Gasteiger partial charge >= 0.3 is 5.97 Å². The Kier molecular flexibility index (Phi) is 3.17. The number of carboxylic acid groups (broad SMARTS) is 1. The topological polar surface area (TPSA) is 130 Å². The van der Waals surface area contributed by atoms with E-state index in [4.69, 9.17) is 5.53 Å². The third-order valence-electron chi connectivity index (χ3n) is 3.12. The van der Waals surface area contributed by atoms with Crippen molar-refractivity contribution in [2.45, 2.75) is 6.92 Å². The fourth-order valence-electron chi connectivity index (χ4n) is 2.23. The van der Waals surface area contributed by atoms with Gasteiger partial charge in [0.1, 0.15) is 0 Å². The smallest absolute Gasteiger partial charge is 0.337 e. The lowest BCUT2D eigenvalue weighted by atomic mass is 10.1. The number of fused-ring (bicyclic) bond motifs is 1. The predicted molar refractivity (Wildman–Crippen MR) is 77.2 cm³/mol. The van der Waals surface area contributed by atoms with E-state index in [-0.39, 0.29) is 17.2 Å². The van der Waals surface area contributed by atoms with Crippen molar-refractivity contribution in [3.63, 3.8) is 0 Å². The highest BCUT2D eigenvalue weighted by Crippen LogP contribution is 2.27. The van der Waals surface area contributed by atoms with Crippen molar-refractivity contribution in [1.29, 1.82) is 0 Å². The summed E-state index contributed by atoms with van der Waals surface area (Å²) in [4.78, 5) is 22.2. The number of hydrogen-bond donors (Lipinski definition) is 1. The molecule has 9 heteroatoms. The van der Waals surface area contributed by atoms with Crippen LogP contribution in [0.4, 0.5) is 5.82 Å². The van der Waals surface area contributed by atoms with E-state index in [1.807, 2.05) is 0 Å². The average Bonchev–Trinajstić information content (AvgIpc) is 2.85. The molecule has 22 heavy (non-hydrogen) atoms. The molecule has 0 atom stereocenters. The maximum atomic E-state index is 11.5. The Morgan fingerprint density at radius 3 is 2.86 bits per heavy atom. The number of para-hydroxylation sites is 1. The first kappa shape index (κ1) is 13.5. The minimum Gasteiger partial charge on any atom is -0.478 e. The Morgan fingerprint density at radius 1 is 1.36 bits per heavy atom. The van der Waals surface area contributed by atoms with Crippen molar-refractivity contribution >= 4 is 22.7 Å². The molecule has 0 aliphatic heterocycles. The van der Waals surface area contributed by atoms with Crippen LogP contribution in [0.3, 0.4) is 0 Å². The lowest BCUT2D eigenvalue weighted by Crippen LogP contribution is -2.05. The molecule has 0 fully saturated rings. The zero-order chi connectivity index (χ0) is 15.7. The van der Waals surface area contributed by atoms with E-state index in [1.165, 1.54) is 23.1 Å². The Bertz CT molecular complexity index is 941. The molecule has 0 bridgehead atoms.